The van der Waals surface area contributed by atoms with Crippen molar-refractivity contribution in [2.24, 2.45) is 5.92 Å². The summed E-state index contributed by atoms with van der Waals surface area (Å²) in [6.45, 7) is 2.64. The summed E-state index contributed by atoms with van der Waals surface area (Å²) in [6, 6.07) is 4.07. The van der Waals surface area contributed by atoms with Crippen LogP contribution in [0.25, 0.3) is 0 Å². The minimum atomic E-state index is 0.0115. The van der Waals surface area contributed by atoms with Crippen molar-refractivity contribution in [3.05, 3.63) is 30.1 Å². The third kappa shape index (κ3) is 2.62. The van der Waals surface area contributed by atoms with Crippen molar-refractivity contribution in [1.29, 1.82) is 0 Å². The molecule has 2 saturated heterocycles. The number of morpholine rings is 1. The lowest BCUT2D eigenvalue weighted by Crippen LogP contribution is -2.44. The summed E-state index contributed by atoms with van der Waals surface area (Å²) in [6.07, 6.45) is 4.72. The van der Waals surface area contributed by atoms with Crippen LogP contribution < -0.4 is 5.32 Å². The van der Waals surface area contributed by atoms with E-state index in [-0.39, 0.29) is 24.0 Å². The summed E-state index contributed by atoms with van der Waals surface area (Å²) >= 11 is 0. The van der Waals surface area contributed by atoms with Crippen molar-refractivity contribution in [3.63, 3.8) is 0 Å². The third-order valence-corrected chi connectivity index (χ3v) is 3.97. The van der Waals surface area contributed by atoms with Gasteiger partial charge in [-0.2, -0.15) is 0 Å². The molecule has 2 aliphatic heterocycles. The number of pyridine rings is 1. The van der Waals surface area contributed by atoms with Crippen LogP contribution in [0.3, 0.4) is 0 Å². The maximum absolute atomic E-state index is 11.8. The molecule has 1 N–H and O–H groups in total. The number of carbonyl (C=O) groups is 1. The van der Waals surface area contributed by atoms with Crippen LogP contribution in [0, 0.1) is 5.92 Å². The summed E-state index contributed by atoms with van der Waals surface area (Å²) < 4.78 is 5.89. The lowest BCUT2D eigenvalue weighted by atomic mass is 10.00. The predicted molar refractivity (Wildman–Crippen MR) is 70.3 cm³/mol. The molecule has 0 aliphatic carbocycles. The first-order valence-electron chi connectivity index (χ1n) is 6.74. The van der Waals surface area contributed by atoms with Crippen LogP contribution in [0.1, 0.15) is 12.0 Å². The predicted octanol–water partition coefficient (Wildman–Crippen LogP) is 0.417. The molecule has 5 nitrogen and oxygen atoms in total. The summed E-state index contributed by atoms with van der Waals surface area (Å²) in [4.78, 5) is 18.2. The molecule has 0 saturated carbocycles. The van der Waals surface area contributed by atoms with E-state index >= 15 is 0 Å². The number of hydrogen-bond donors (Lipinski definition) is 1. The Morgan fingerprint density at radius 1 is 1.47 bits per heavy atom. The zero-order valence-corrected chi connectivity index (χ0v) is 11.1. The first-order chi connectivity index (χ1) is 9.26. The molecule has 5 heteroatoms. The summed E-state index contributed by atoms with van der Waals surface area (Å²) in [5.41, 5.74) is 1.26. The van der Waals surface area contributed by atoms with Gasteiger partial charge in [-0.3, -0.25) is 14.7 Å². The minimum Gasteiger partial charge on any atom is -0.371 e. The molecular formula is C14H19N3O2. The molecule has 2 aliphatic rings. The van der Waals surface area contributed by atoms with Gasteiger partial charge in [-0.15, -0.1) is 0 Å². The van der Waals surface area contributed by atoms with E-state index in [0.29, 0.717) is 0 Å². The highest BCUT2D eigenvalue weighted by Crippen LogP contribution is 2.32. The van der Waals surface area contributed by atoms with Crippen molar-refractivity contribution in [3.8, 4) is 0 Å². The van der Waals surface area contributed by atoms with Crippen molar-refractivity contribution >= 4 is 5.91 Å². The summed E-state index contributed by atoms with van der Waals surface area (Å²) in [5.74, 6) is 0.121. The fourth-order valence-electron chi connectivity index (χ4n) is 3.07. The first kappa shape index (κ1) is 12.6. The van der Waals surface area contributed by atoms with E-state index in [9.17, 15) is 4.79 Å². The van der Waals surface area contributed by atoms with Gasteiger partial charge in [0.05, 0.1) is 18.1 Å². The van der Waals surface area contributed by atoms with Crippen molar-refractivity contribution in [2.75, 3.05) is 20.1 Å². The number of fused-ring (bicyclic) bond motifs is 2. The SMILES string of the molecule is CNC(=O)[C@H]1C[C@H]2CN(Cc3ccncc3)C[C@H]1O2. The van der Waals surface area contributed by atoms with E-state index in [4.69, 9.17) is 4.74 Å². The highest BCUT2D eigenvalue weighted by molar-refractivity contribution is 5.79. The monoisotopic (exact) mass is 261 g/mol. The third-order valence-electron chi connectivity index (χ3n) is 3.97. The molecule has 3 atom stereocenters. The summed E-state index contributed by atoms with van der Waals surface area (Å²) in [5, 5.41) is 2.74. The smallest absolute Gasteiger partial charge is 0.225 e. The second kappa shape index (κ2) is 5.27. The van der Waals surface area contributed by atoms with Crippen molar-refractivity contribution < 1.29 is 9.53 Å². The number of likely N-dealkylation sites (tertiary alicyclic amines) is 1. The molecule has 1 aromatic rings. The van der Waals surface area contributed by atoms with Gasteiger partial charge in [0.25, 0.3) is 0 Å². The topological polar surface area (TPSA) is 54.5 Å². The van der Waals surface area contributed by atoms with Gasteiger partial charge in [-0.1, -0.05) is 0 Å². The molecule has 1 aromatic heterocycles. The number of amides is 1. The maximum atomic E-state index is 11.8. The molecule has 3 heterocycles. The van der Waals surface area contributed by atoms with E-state index < -0.39 is 0 Å². The number of ether oxygens (including phenoxy) is 1. The number of hydrogen-bond acceptors (Lipinski definition) is 4. The molecule has 102 valence electrons. The zero-order valence-electron chi connectivity index (χ0n) is 11.1. The average molecular weight is 261 g/mol. The largest absolute Gasteiger partial charge is 0.371 e. The molecule has 0 unspecified atom stereocenters. The van der Waals surface area contributed by atoms with Crippen LogP contribution in [0.15, 0.2) is 24.5 Å². The van der Waals surface area contributed by atoms with E-state index in [0.717, 1.165) is 26.1 Å². The standard InChI is InChI=1S/C14H19N3O2/c1-15-14(18)12-6-11-8-17(9-13(12)19-11)7-10-2-4-16-5-3-10/h2-5,11-13H,6-9H2,1H3,(H,15,18)/t11-,12-,13+/m0/s1. The average Bonchev–Trinajstić information content (AvgIpc) is 2.74. The molecular weight excluding hydrogens is 242 g/mol. The Bertz CT molecular complexity index is 451. The van der Waals surface area contributed by atoms with E-state index in [1.807, 2.05) is 24.5 Å². The number of aromatic nitrogens is 1. The first-order valence-corrected chi connectivity index (χ1v) is 6.74. The van der Waals surface area contributed by atoms with Crippen LogP contribution in [0.5, 0.6) is 0 Å². The Balaban J connectivity index is 1.64. The number of carbonyl (C=O) groups excluding carboxylic acids is 1. The van der Waals surface area contributed by atoms with Crippen molar-refractivity contribution in [2.45, 2.75) is 25.2 Å². The summed E-state index contributed by atoms with van der Waals surface area (Å²) in [7, 11) is 1.69. The van der Waals surface area contributed by atoms with Gasteiger partial charge in [0.15, 0.2) is 0 Å². The normalized spacial score (nSPS) is 30.3. The molecule has 1 amide bonds. The highest BCUT2D eigenvalue weighted by Gasteiger charge is 2.44. The van der Waals surface area contributed by atoms with E-state index in [1.54, 1.807) is 7.05 Å². The molecule has 19 heavy (non-hydrogen) atoms. The van der Waals surface area contributed by atoms with Gasteiger partial charge in [0.1, 0.15) is 0 Å². The zero-order chi connectivity index (χ0) is 13.2. The van der Waals surface area contributed by atoms with Crippen LogP contribution in [0.2, 0.25) is 0 Å². The van der Waals surface area contributed by atoms with E-state index in [2.05, 4.69) is 15.2 Å². The Kier molecular flexibility index (Phi) is 3.48. The number of nitrogens with one attached hydrogen (secondary N) is 1. The second-order valence-electron chi connectivity index (χ2n) is 5.30. The van der Waals surface area contributed by atoms with Crippen LogP contribution in [0.4, 0.5) is 0 Å². The lowest BCUT2D eigenvalue weighted by molar-refractivity contribution is -0.127. The van der Waals surface area contributed by atoms with Crippen LogP contribution in [-0.2, 0) is 16.1 Å². The van der Waals surface area contributed by atoms with Gasteiger partial charge < -0.3 is 10.1 Å². The fraction of sp³-hybridized carbons (Fsp3) is 0.571. The minimum absolute atomic E-state index is 0.0115. The molecule has 0 spiro atoms. The molecule has 0 aromatic carbocycles. The molecule has 3 rings (SSSR count). The van der Waals surface area contributed by atoms with Gasteiger partial charge in [0.2, 0.25) is 5.91 Å². The quantitative estimate of drug-likeness (QED) is 0.856. The van der Waals surface area contributed by atoms with Gasteiger partial charge >= 0.3 is 0 Å². The molecule has 2 bridgehead atoms. The Hall–Kier alpha value is -1.46. The number of nitrogens with zero attached hydrogens (tertiary/aromatic N) is 2. The van der Waals surface area contributed by atoms with Gasteiger partial charge in [-0.05, 0) is 24.1 Å². The van der Waals surface area contributed by atoms with Gasteiger partial charge in [0, 0.05) is 39.1 Å². The fourth-order valence-corrected chi connectivity index (χ4v) is 3.07. The lowest BCUT2D eigenvalue weighted by Gasteiger charge is -2.32. The van der Waals surface area contributed by atoms with Gasteiger partial charge in [-0.25, -0.2) is 0 Å². The van der Waals surface area contributed by atoms with E-state index in [1.165, 1.54) is 5.56 Å². The van der Waals surface area contributed by atoms with Crippen LogP contribution >= 0.6 is 0 Å². The Morgan fingerprint density at radius 2 is 2.26 bits per heavy atom. The highest BCUT2D eigenvalue weighted by atomic mass is 16.5. The number of rotatable bonds is 3. The second-order valence-corrected chi connectivity index (χ2v) is 5.30. The Morgan fingerprint density at radius 3 is 3.00 bits per heavy atom. The molecule has 2 fully saturated rings. The Labute approximate surface area is 113 Å². The van der Waals surface area contributed by atoms with Crippen molar-refractivity contribution in [1.82, 2.24) is 15.2 Å². The molecule has 0 radical (unpaired) electrons. The van der Waals surface area contributed by atoms with Crippen LogP contribution in [-0.4, -0.2) is 48.1 Å². The maximum Gasteiger partial charge on any atom is 0.225 e.